The van der Waals surface area contributed by atoms with E-state index in [-0.39, 0.29) is 0 Å². The Morgan fingerprint density at radius 1 is 1.00 bits per heavy atom. The van der Waals surface area contributed by atoms with Crippen LogP contribution in [0.3, 0.4) is 0 Å². The van der Waals surface area contributed by atoms with Crippen molar-refractivity contribution in [3.05, 3.63) is 0 Å². The largest absolute Gasteiger partial charge is 0.389 e. The average Bonchev–Trinajstić information content (AvgIpc) is 2.15. The molecule has 0 amide bonds. The monoisotopic (exact) mass is 241 g/mol. The van der Waals surface area contributed by atoms with Crippen molar-refractivity contribution in [3.63, 3.8) is 0 Å². The lowest BCUT2D eigenvalue weighted by Crippen LogP contribution is -2.38. The van der Waals surface area contributed by atoms with Gasteiger partial charge in [0.05, 0.1) is 5.60 Å². The van der Waals surface area contributed by atoms with Gasteiger partial charge in [-0.1, -0.05) is 20.8 Å². The highest BCUT2D eigenvalue weighted by Gasteiger charge is 2.29. The Morgan fingerprint density at radius 3 is 1.94 bits per heavy atom. The zero-order chi connectivity index (χ0) is 13.1. The first kappa shape index (κ1) is 15.0. The molecule has 1 rings (SSSR count). The molecule has 0 spiro atoms. The van der Waals surface area contributed by atoms with E-state index in [1.54, 1.807) is 0 Å². The SMILES string of the molecule is CC(C)(O)CNCC1CCC(C(C)(C)C)CC1. The van der Waals surface area contributed by atoms with Gasteiger partial charge in [-0.3, -0.25) is 0 Å². The molecule has 102 valence electrons. The molecule has 17 heavy (non-hydrogen) atoms. The van der Waals surface area contributed by atoms with E-state index in [2.05, 4.69) is 26.1 Å². The number of aliphatic hydroxyl groups is 1. The molecule has 1 fully saturated rings. The normalized spacial score (nSPS) is 27.2. The molecule has 1 aliphatic carbocycles. The number of rotatable bonds is 4. The van der Waals surface area contributed by atoms with Crippen LogP contribution in [-0.2, 0) is 0 Å². The summed E-state index contributed by atoms with van der Waals surface area (Å²) in [7, 11) is 0. The third-order valence-electron chi connectivity index (χ3n) is 4.06. The Hall–Kier alpha value is -0.0800. The van der Waals surface area contributed by atoms with Gasteiger partial charge in [-0.15, -0.1) is 0 Å². The van der Waals surface area contributed by atoms with E-state index in [0.29, 0.717) is 12.0 Å². The zero-order valence-corrected chi connectivity index (χ0v) is 12.3. The van der Waals surface area contributed by atoms with E-state index in [1.165, 1.54) is 25.7 Å². The summed E-state index contributed by atoms with van der Waals surface area (Å²) in [4.78, 5) is 0. The maximum absolute atomic E-state index is 9.63. The Balaban J connectivity index is 2.20. The van der Waals surface area contributed by atoms with Gasteiger partial charge < -0.3 is 10.4 Å². The van der Waals surface area contributed by atoms with Crippen LogP contribution in [0.25, 0.3) is 0 Å². The van der Waals surface area contributed by atoms with Gasteiger partial charge >= 0.3 is 0 Å². The van der Waals surface area contributed by atoms with Gasteiger partial charge in [0, 0.05) is 6.54 Å². The van der Waals surface area contributed by atoms with Crippen molar-refractivity contribution in [3.8, 4) is 0 Å². The molecular weight excluding hydrogens is 210 g/mol. The lowest BCUT2D eigenvalue weighted by molar-refractivity contribution is 0.0764. The van der Waals surface area contributed by atoms with Crippen molar-refractivity contribution in [1.29, 1.82) is 0 Å². The maximum Gasteiger partial charge on any atom is 0.0715 e. The summed E-state index contributed by atoms with van der Waals surface area (Å²) < 4.78 is 0. The molecule has 0 unspecified atom stereocenters. The molecule has 0 saturated heterocycles. The van der Waals surface area contributed by atoms with Crippen LogP contribution in [0.1, 0.15) is 60.3 Å². The lowest BCUT2D eigenvalue weighted by Gasteiger charge is -2.37. The first-order valence-electron chi connectivity index (χ1n) is 7.11. The second kappa shape index (κ2) is 5.71. The average molecular weight is 241 g/mol. The standard InChI is InChI=1S/C15H31NO/c1-14(2,3)13-8-6-12(7-9-13)10-16-11-15(4,5)17/h12-13,16-17H,6-11H2,1-5H3. The fraction of sp³-hybridized carbons (Fsp3) is 1.00. The van der Waals surface area contributed by atoms with Crippen LogP contribution < -0.4 is 5.32 Å². The minimum absolute atomic E-state index is 0.478. The Bertz CT molecular complexity index is 213. The van der Waals surface area contributed by atoms with Crippen LogP contribution in [0, 0.1) is 17.3 Å². The molecule has 0 bridgehead atoms. The molecule has 0 atom stereocenters. The summed E-state index contributed by atoms with van der Waals surface area (Å²) in [5.41, 5.74) is -0.103. The van der Waals surface area contributed by atoms with E-state index in [0.717, 1.165) is 18.4 Å². The van der Waals surface area contributed by atoms with Gasteiger partial charge in [0.25, 0.3) is 0 Å². The molecule has 0 aromatic heterocycles. The van der Waals surface area contributed by atoms with E-state index < -0.39 is 5.60 Å². The topological polar surface area (TPSA) is 32.3 Å². The highest BCUT2D eigenvalue weighted by Crippen LogP contribution is 2.39. The predicted octanol–water partition coefficient (Wildman–Crippen LogP) is 3.20. The predicted molar refractivity (Wildman–Crippen MR) is 74.1 cm³/mol. The molecule has 0 radical (unpaired) electrons. The minimum Gasteiger partial charge on any atom is -0.389 e. The molecule has 2 N–H and O–H groups in total. The second-order valence-corrected chi connectivity index (χ2v) is 7.53. The quantitative estimate of drug-likeness (QED) is 0.792. The number of hydrogen-bond acceptors (Lipinski definition) is 2. The van der Waals surface area contributed by atoms with Crippen LogP contribution >= 0.6 is 0 Å². The summed E-state index contributed by atoms with van der Waals surface area (Å²) in [6.45, 7) is 12.6. The number of hydrogen-bond donors (Lipinski definition) is 2. The van der Waals surface area contributed by atoms with Crippen molar-refractivity contribution in [2.24, 2.45) is 17.3 Å². The van der Waals surface area contributed by atoms with Gasteiger partial charge in [0.2, 0.25) is 0 Å². The summed E-state index contributed by atoms with van der Waals surface area (Å²) in [5.74, 6) is 1.71. The van der Waals surface area contributed by atoms with Crippen molar-refractivity contribution < 1.29 is 5.11 Å². The third-order valence-corrected chi connectivity index (χ3v) is 4.06. The Kier molecular flexibility index (Phi) is 5.03. The van der Waals surface area contributed by atoms with Gasteiger partial charge in [0.1, 0.15) is 0 Å². The second-order valence-electron chi connectivity index (χ2n) is 7.53. The van der Waals surface area contributed by atoms with Gasteiger partial charge in [0.15, 0.2) is 0 Å². The molecule has 2 heteroatoms. The summed E-state index contributed by atoms with van der Waals surface area (Å²) in [5, 5.41) is 13.0. The van der Waals surface area contributed by atoms with Crippen LogP contribution in [0.2, 0.25) is 0 Å². The van der Waals surface area contributed by atoms with E-state index in [1.807, 2.05) is 13.8 Å². The Morgan fingerprint density at radius 2 is 1.53 bits per heavy atom. The van der Waals surface area contributed by atoms with Crippen molar-refractivity contribution >= 4 is 0 Å². The van der Waals surface area contributed by atoms with Crippen LogP contribution in [-0.4, -0.2) is 23.8 Å². The minimum atomic E-state index is -0.581. The third kappa shape index (κ3) is 5.87. The molecule has 0 aromatic carbocycles. The summed E-state index contributed by atoms with van der Waals surface area (Å²) in [6, 6.07) is 0. The molecule has 0 heterocycles. The molecular formula is C15H31NO. The zero-order valence-electron chi connectivity index (χ0n) is 12.3. The molecule has 0 aliphatic heterocycles. The summed E-state index contributed by atoms with van der Waals surface area (Å²) >= 11 is 0. The first-order chi connectivity index (χ1) is 7.68. The van der Waals surface area contributed by atoms with Gasteiger partial charge in [-0.25, -0.2) is 0 Å². The van der Waals surface area contributed by atoms with Crippen molar-refractivity contribution in [2.45, 2.75) is 65.9 Å². The van der Waals surface area contributed by atoms with E-state index >= 15 is 0 Å². The Labute approximate surface area is 107 Å². The van der Waals surface area contributed by atoms with Crippen molar-refractivity contribution in [2.75, 3.05) is 13.1 Å². The van der Waals surface area contributed by atoms with Crippen molar-refractivity contribution in [1.82, 2.24) is 5.32 Å². The van der Waals surface area contributed by atoms with E-state index in [9.17, 15) is 5.11 Å². The molecule has 2 nitrogen and oxygen atoms in total. The maximum atomic E-state index is 9.63. The molecule has 1 saturated carbocycles. The molecule has 0 aromatic rings. The fourth-order valence-corrected chi connectivity index (χ4v) is 2.81. The lowest BCUT2D eigenvalue weighted by atomic mass is 9.70. The van der Waals surface area contributed by atoms with Gasteiger partial charge in [-0.2, -0.15) is 0 Å². The van der Waals surface area contributed by atoms with Crippen LogP contribution in [0.4, 0.5) is 0 Å². The molecule has 1 aliphatic rings. The van der Waals surface area contributed by atoms with Crippen LogP contribution in [0.5, 0.6) is 0 Å². The smallest absolute Gasteiger partial charge is 0.0715 e. The summed E-state index contributed by atoms with van der Waals surface area (Å²) in [6.07, 6.45) is 5.44. The van der Waals surface area contributed by atoms with E-state index in [4.69, 9.17) is 0 Å². The highest BCUT2D eigenvalue weighted by molar-refractivity contribution is 4.81. The fourth-order valence-electron chi connectivity index (χ4n) is 2.81. The first-order valence-corrected chi connectivity index (χ1v) is 7.11. The van der Waals surface area contributed by atoms with Crippen LogP contribution in [0.15, 0.2) is 0 Å². The number of nitrogens with one attached hydrogen (secondary N) is 1. The van der Waals surface area contributed by atoms with Gasteiger partial charge in [-0.05, 0) is 63.3 Å². The highest BCUT2D eigenvalue weighted by atomic mass is 16.3.